The van der Waals surface area contributed by atoms with E-state index in [4.69, 9.17) is 0 Å². The normalized spacial score (nSPS) is 17.8. The van der Waals surface area contributed by atoms with Gasteiger partial charge in [0.2, 0.25) is 11.8 Å². The number of nitrogens with zero attached hydrogens (tertiary/aromatic N) is 4. The van der Waals surface area contributed by atoms with Gasteiger partial charge in [0.15, 0.2) is 5.65 Å². The number of H-pyrrole nitrogens is 1. The number of carbonyl (C=O) groups is 2. The summed E-state index contributed by atoms with van der Waals surface area (Å²) in [4.78, 5) is 63.8. The molecule has 3 heterocycles. The summed E-state index contributed by atoms with van der Waals surface area (Å²) < 4.78 is 1.57. The molecule has 0 bridgehead atoms. The molecule has 180 valence electrons. The SMILES string of the molecule is O=C(CSc1nc(C2CC2)nc2c1c(=O)[nH]c(=O)n2C1CC1)Nc1ccccc1N1CCCC1=O. The summed E-state index contributed by atoms with van der Waals surface area (Å²) in [7, 11) is 0. The van der Waals surface area contributed by atoms with Crippen molar-refractivity contribution < 1.29 is 9.59 Å². The fraction of sp³-hybridized carbons (Fsp3) is 0.417. The maximum absolute atomic E-state index is 12.9. The number of para-hydroxylation sites is 2. The highest BCUT2D eigenvalue weighted by atomic mass is 32.2. The Morgan fingerprint density at radius 1 is 1.11 bits per heavy atom. The lowest BCUT2D eigenvalue weighted by Crippen LogP contribution is -2.31. The van der Waals surface area contributed by atoms with Crippen molar-refractivity contribution in [3.63, 3.8) is 0 Å². The number of anilines is 2. The summed E-state index contributed by atoms with van der Waals surface area (Å²) in [6.07, 6.45) is 4.98. The highest BCUT2D eigenvalue weighted by Crippen LogP contribution is 2.41. The molecule has 2 aliphatic carbocycles. The molecule has 11 heteroatoms. The first-order valence-corrected chi connectivity index (χ1v) is 12.9. The van der Waals surface area contributed by atoms with Crippen molar-refractivity contribution in [2.75, 3.05) is 22.5 Å². The van der Waals surface area contributed by atoms with Gasteiger partial charge in [-0.3, -0.25) is 23.9 Å². The molecule has 3 aliphatic rings. The number of aromatic amines is 1. The van der Waals surface area contributed by atoms with E-state index in [1.54, 1.807) is 15.5 Å². The van der Waals surface area contributed by atoms with Crippen molar-refractivity contribution in [2.24, 2.45) is 0 Å². The lowest BCUT2D eigenvalue weighted by atomic mass is 10.2. The Labute approximate surface area is 204 Å². The Morgan fingerprint density at radius 3 is 2.63 bits per heavy atom. The summed E-state index contributed by atoms with van der Waals surface area (Å²) in [5.74, 6) is 0.626. The molecule has 1 aliphatic heterocycles. The minimum atomic E-state index is -0.537. The molecule has 3 aromatic rings. The highest BCUT2D eigenvalue weighted by Gasteiger charge is 2.32. The van der Waals surface area contributed by atoms with E-state index in [0.29, 0.717) is 40.8 Å². The van der Waals surface area contributed by atoms with Gasteiger partial charge in [0.1, 0.15) is 16.2 Å². The van der Waals surface area contributed by atoms with Crippen LogP contribution in [0.3, 0.4) is 0 Å². The van der Waals surface area contributed by atoms with Gasteiger partial charge in [-0.05, 0) is 44.2 Å². The van der Waals surface area contributed by atoms with E-state index >= 15 is 0 Å². The van der Waals surface area contributed by atoms with Crippen LogP contribution in [0.4, 0.5) is 11.4 Å². The first kappa shape index (κ1) is 22.0. The minimum Gasteiger partial charge on any atom is -0.324 e. The molecule has 2 amide bonds. The molecule has 6 rings (SSSR count). The number of benzene rings is 1. The second-order valence-corrected chi connectivity index (χ2v) is 10.2. The molecule has 1 aromatic carbocycles. The number of thioether (sulfide) groups is 1. The van der Waals surface area contributed by atoms with E-state index in [9.17, 15) is 19.2 Å². The molecule has 35 heavy (non-hydrogen) atoms. The molecule has 1 saturated heterocycles. The third-order valence-corrected chi connectivity index (χ3v) is 7.48. The van der Waals surface area contributed by atoms with Crippen LogP contribution in [-0.2, 0) is 9.59 Å². The zero-order chi connectivity index (χ0) is 24.1. The summed E-state index contributed by atoms with van der Waals surface area (Å²) in [5, 5.41) is 3.56. The monoisotopic (exact) mass is 492 g/mol. The van der Waals surface area contributed by atoms with Crippen molar-refractivity contribution in [2.45, 2.75) is 55.5 Å². The summed E-state index contributed by atoms with van der Waals surface area (Å²) >= 11 is 1.16. The van der Waals surface area contributed by atoms with Gasteiger partial charge in [-0.1, -0.05) is 23.9 Å². The van der Waals surface area contributed by atoms with E-state index in [-0.39, 0.29) is 34.9 Å². The molecular formula is C24H24N6O4S. The standard InChI is InChI=1S/C24H24N6O4S/c31-17(25-15-4-1-2-5-16(15)29-11-3-6-18(29)32)12-35-23-19-21(26-20(27-23)13-7-8-13)30(14-9-10-14)24(34)28-22(19)33/h1-2,4-5,13-14H,3,6-12H2,(H,25,31)(H,28,33,34). The van der Waals surface area contributed by atoms with Gasteiger partial charge in [0.05, 0.1) is 17.1 Å². The van der Waals surface area contributed by atoms with E-state index < -0.39 is 11.2 Å². The molecule has 0 atom stereocenters. The highest BCUT2D eigenvalue weighted by molar-refractivity contribution is 8.00. The Balaban J connectivity index is 1.29. The zero-order valence-corrected chi connectivity index (χ0v) is 19.8. The number of amides is 2. The number of fused-ring (bicyclic) bond motifs is 1. The minimum absolute atomic E-state index is 0.0144. The van der Waals surface area contributed by atoms with Crippen LogP contribution in [0.5, 0.6) is 0 Å². The van der Waals surface area contributed by atoms with Crippen LogP contribution in [0, 0.1) is 0 Å². The molecule has 3 fully saturated rings. The molecule has 0 unspecified atom stereocenters. The number of rotatable bonds is 7. The van der Waals surface area contributed by atoms with Crippen molar-refractivity contribution in [3.05, 3.63) is 50.9 Å². The topological polar surface area (TPSA) is 130 Å². The van der Waals surface area contributed by atoms with Crippen molar-refractivity contribution in [1.29, 1.82) is 0 Å². The number of hydrogen-bond donors (Lipinski definition) is 2. The van der Waals surface area contributed by atoms with Crippen LogP contribution in [0.2, 0.25) is 0 Å². The van der Waals surface area contributed by atoms with Crippen LogP contribution < -0.4 is 21.5 Å². The summed E-state index contributed by atoms with van der Waals surface area (Å²) in [6, 6.07) is 7.28. The van der Waals surface area contributed by atoms with Gasteiger partial charge in [0.25, 0.3) is 5.56 Å². The molecule has 10 nitrogen and oxygen atoms in total. The number of nitrogens with one attached hydrogen (secondary N) is 2. The second kappa shape index (κ2) is 8.63. The van der Waals surface area contributed by atoms with E-state index in [0.717, 1.165) is 43.9 Å². The predicted molar refractivity (Wildman–Crippen MR) is 132 cm³/mol. The maximum Gasteiger partial charge on any atom is 0.330 e. The molecule has 2 saturated carbocycles. The van der Waals surface area contributed by atoms with Crippen LogP contribution in [0.25, 0.3) is 11.0 Å². The second-order valence-electron chi connectivity index (χ2n) is 9.22. The summed E-state index contributed by atoms with van der Waals surface area (Å²) in [6.45, 7) is 0.628. The van der Waals surface area contributed by atoms with Crippen LogP contribution in [0.15, 0.2) is 38.9 Å². The third kappa shape index (κ3) is 4.24. The Morgan fingerprint density at radius 2 is 1.91 bits per heavy atom. The smallest absolute Gasteiger partial charge is 0.324 e. The Hall–Kier alpha value is -3.47. The van der Waals surface area contributed by atoms with Gasteiger partial charge >= 0.3 is 5.69 Å². The lowest BCUT2D eigenvalue weighted by Gasteiger charge is -2.20. The van der Waals surface area contributed by atoms with Gasteiger partial charge < -0.3 is 10.2 Å². The Kier molecular flexibility index (Phi) is 5.43. The Bertz CT molecular complexity index is 1470. The van der Waals surface area contributed by atoms with E-state index in [1.165, 1.54) is 0 Å². The first-order valence-electron chi connectivity index (χ1n) is 11.9. The van der Waals surface area contributed by atoms with Crippen LogP contribution >= 0.6 is 11.8 Å². The molecule has 2 N–H and O–H groups in total. The number of aromatic nitrogens is 4. The van der Waals surface area contributed by atoms with Crippen LogP contribution in [-0.4, -0.2) is 43.6 Å². The molecule has 0 radical (unpaired) electrons. The largest absolute Gasteiger partial charge is 0.330 e. The zero-order valence-electron chi connectivity index (χ0n) is 19.0. The fourth-order valence-electron chi connectivity index (χ4n) is 4.47. The van der Waals surface area contributed by atoms with Gasteiger partial charge in [-0.15, -0.1) is 0 Å². The molecular weight excluding hydrogens is 468 g/mol. The maximum atomic E-state index is 12.9. The average molecular weight is 493 g/mol. The van der Waals surface area contributed by atoms with Crippen molar-refractivity contribution in [1.82, 2.24) is 19.5 Å². The number of carbonyl (C=O) groups excluding carboxylic acids is 2. The average Bonchev–Trinajstić information content (AvgIpc) is 3.76. The predicted octanol–water partition coefficient (Wildman–Crippen LogP) is 2.55. The van der Waals surface area contributed by atoms with E-state index in [1.807, 2.05) is 18.2 Å². The van der Waals surface area contributed by atoms with Crippen molar-refractivity contribution in [3.8, 4) is 0 Å². The van der Waals surface area contributed by atoms with Gasteiger partial charge in [-0.2, -0.15) is 0 Å². The van der Waals surface area contributed by atoms with Gasteiger partial charge in [0, 0.05) is 24.9 Å². The first-order chi connectivity index (χ1) is 17.0. The molecule has 2 aromatic heterocycles. The number of hydrogen-bond acceptors (Lipinski definition) is 7. The van der Waals surface area contributed by atoms with Crippen molar-refractivity contribution >= 4 is 46.0 Å². The molecule has 0 spiro atoms. The fourth-order valence-corrected chi connectivity index (χ4v) is 5.30. The van der Waals surface area contributed by atoms with Gasteiger partial charge in [-0.25, -0.2) is 14.8 Å². The van der Waals surface area contributed by atoms with E-state index in [2.05, 4.69) is 20.3 Å². The third-order valence-electron chi connectivity index (χ3n) is 6.51. The summed E-state index contributed by atoms with van der Waals surface area (Å²) in [5.41, 5.74) is 0.623. The van der Waals surface area contributed by atoms with Crippen LogP contribution in [0.1, 0.15) is 56.3 Å². The quantitative estimate of drug-likeness (QED) is 0.383. The lowest BCUT2D eigenvalue weighted by molar-refractivity contribution is -0.117.